The number of aliphatic hydroxyl groups is 1. The number of anilines is 1. The van der Waals surface area contributed by atoms with Crippen molar-refractivity contribution in [1.29, 1.82) is 0 Å². The molecule has 5 atom stereocenters. The van der Waals surface area contributed by atoms with Crippen molar-refractivity contribution in [1.82, 2.24) is 35.3 Å². The number of aliphatic hydroxyl groups excluding tert-OH is 1. The second-order valence-corrected chi connectivity index (χ2v) is 20.7. The molecule has 65 heavy (non-hydrogen) atoms. The van der Waals surface area contributed by atoms with Gasteiger partial charge in [-0.3, -0.25) is 28.7 Å². The Morgan fingerprint density at radius 1 is 0.908 bits per heavy atom. The highest BCUT2D eigenvalue weighted by Gasteiger charge is 2.45. The van der Waals surface area contributed by atoms with Crippen LogP contribution in [0.3, 0.4) is 0 Å². The number of carboxylic acids is 1. The maximum absolute atomic E-state index is 14.4. The van der Waals surface area contributed by atoms with Crippen molar-refractivity contribution in [2.45, 2.75) is 111 Å². The summed E-state index contributed by atoms with van der Waals surface area (Å²) in [6, 6.07) is 13.2. The molecule has 3 aliphatic rings. The predicted octanol–water partition coefficient (Wildman–Crippen LogP) is 6.64. The van der Waals surface area contributed by atoms with Gasteiger partial charge in [0.05, 0.1) is 40.4 Å². The van der Waals surface area contributed by atoms with Gasteiger partial charge in [-0.2, -0.15) is 0 Å². The molecule has 0 saturated carbocycles. The number of hydrogen-bond acceptors (Lipinski definition) is 12. The predicted molar refractivity (Wildman–Crippen MR) is 252 cm³/mol. The largest absolute Gasteiger partial charge is 0.481 e. The van der Waals surface area contributed by atoms with Gasteiger partial charge < -0.3 is 30.6 Å². The molecule has 2 aromatic carbocycles. The second-order valence-electron chi connectivity index (χ2n) is 18.6. The van der Waals surface area contributed by atoms with E-state index in [0.717, 1.165) is 59.7 Å². The average molecular weight is 920 g/mol. The molecule has 8 rings (SSSR count). The van der Waals surface area contributed by atoms with Crippen LogP contribution in [0.25, 0.3) is 15.4 Å². The first-order chi connectivity index (χ1) is 30.9. The van der Waals surface area contributed by atoms with Crippen LogP contribution in [0.2, 0.25) is 0 Å². The Kier molecular flexibility index (Phi) is 12.8. The highest BCUT2D eigenvalue weighted by atomic mass is 32.1. The van der Waals surface area contributed by atoms with Gasteiger partial charge in [0.1, 0.15) is 29.0 Å². The van der Waals surface area contributed by atoms with Crippen LogP contribution in [0.1, 0.15) is 110 Å². The van der Waals surface area contributed by atoms with Crippen LogP contribution >= 0.6 is 22.7 Å². The zero-order valence-electron chi connectivity index (χ0n) is 38.1. The minimum absolute atomic E-state index is 0.00000363. The summed E-state index contributed by atoms with van der Waals surface area (Å²) < 4.78 is 1.94. The molecular weight excluding hydrogens is 863 g/mol. The van der Waals surface area contributed by atoms with E-state index in [2.05, 4.69) is 44.6 Å². The van der Waals surface area contributed by atoms with E-state index >= 15 is 0 Å². The third kappa shape index (κ3) is 9.23. The van der Waals surface area contributed by atoms with E-state index in [1.807, 2.05) is 100 Å². The third-order valence-electron chi connectivity index (χ3n) is 13.0. The Bertz CT molecular complexity index is 2640. The fraction of sp³-hybridized carbons (Fsp3) is 0.458. The highest BCUT2D eigenvalue weighted by molar-refractivity contribution is 7.15. The highest BCUT2D eigenvalue weighted by Crippen LogP contribution is 2.40. The molecule has 3 aromatic heterocycles. The van der Waals surface area contributed by atoms with Crippen molar-refractivity contribution in [3.05, 3.63) is 98.5 Å². The summed E-state index contributed by atoms with van der Waals surface area (Å²) in [7, 11) is 0. The van der Waals surface area contributed by atoms with Gasteiger partial charge in [0.15, 0.2) is 5.82 Å². The molecule has 3 aliphatic heterocycles. The van der Waals surface area contributed by atoms with Crippen LogP contribution in [0.5, 0.6) is 0 Å². The van der Waals surface area contributed by atoms with Crippen molar-refractivity contribution in [3.63, 3.8) is 0 Å². The van der Waals surface area contributed by atoms with E-state index in [0.29, 0.717) is 37.6 Å². The van der Waals surface area contributed by atoms with Gasteiger partial charge in [0.25, 0.3) is 0 Å². The van der Waals surface area contributed by atoms with Crippen LogP contribution in [0, 0.1) is 39.0 Å². The van der Waals surface area contributed by atoms with Crippen molar-refractivity contribution >= 4 is 57.8 Å². The second kappa shape index (κ2) is 18.2. The number of fused-ring (bicyclic) bond motifs is 3. The molecule has 3 amide bonds. The minimum Gasteiger partial charge on any atom is -0.481 e. The number of nitrogens with zero attached hydrogens (tertiary/aromatic N) is 7. The molecule has 2 saturated heterocycles. The standard InChI is InChI=1S/C48H57N9O6S2/c1-25-28(4)65-47-39(25)40(51-36(22-38(59)60)43-54-53-29(5)57(43)47)31-13-15-34(16-14-31)55-19-17-33(18-20-55)44(61)52-42(48(6,7)8)46(63)56-23-35(58)21-37(56)45(62)50-26(2)30-9-11-32(12-10-30)41-27(3)49-24-64-41/h9-16,24,26,33,35-37,42,58H,17-23H2,1-8H3,(H,50,62)(H,52,61)(H,59,60)/t26-,35+,36-,37-,42+/m0/s1. The zero-order chi connectivity index (χ0) is 46.5. The van der Waals surface area contributed by atoms with E-state index < -0.39 is 35.6 Å². The Morgan fingerprint density at radius 2 is 1.58 bits per heavy atom. The van der Waals surface area contributed by atoms with Crippen molar-refractivity contribution in [2.75, 3.05) is 24.5 Å². The first-order valence-electron chi connectivity index (χ1n) is 22.2. The molecule has 17 heteroatoms. The Balaban J connectivity index is 0.911. The quantitative estimate of drug-likeness (QED) is 0.112. The number of hydrogen-bond donors (Lipinski definition) is 4. The fourth-order valence-electron chi connectivity index (χ4n) is 9.20. The number of rotatable bonds is 11. The lowest BCUT2D eigenvalue weighted by molar-refractivity contribution is -0.144. The van der Waals surface area contributed by atoms with Crippen molar-refractivity contribution < 1.29 is 29.4 Å². The molecular formula is C48H57N9O6S2. The number of aliphatic carboxylic acids is 1. The van der Waals surface area contributed by atoms with Gasteiger partial charge in [-0.25, -0.2) is 4.98 Å². The lowest BCUT2D eigenvalue weighted by Gasteiger charge is -2.38. The lowest BCUT2D eigenvalue weighted by Crippen LogP contribution is -2.59. The van der Waals surface area contributed by atoms with E-state index in [4.69, 9.17) is 4.99 Å². The van der Waals surface area contributed by atoms with Gasteiger partial charge in [-0.05, 0) is 81.7 Å². The normalized spacial score (nSPS) is 19.8. The molecule has 6 heterocycles. The van der Waals surface area contributed by atoms with Gasteiger partial charge in [0, 0.05) is 53.7 Å². The van der Waals surface area contributed by atoms with Crippen LogP contribution in [0.15, 0.2) is 59.0 Å². The Labute approximate surface area is 387 Å². The van der Waals surface area contributed by atoms with E-state index in [1.165, 1.54) is 4.90 Å². The Hall–Kier alpha value is -5.78. The third-order valence-corrected chi connectivity index (χ3v) is 15.2. The van der Waals surface area contributed by atoms with Gasteiger partial charge in [-0.15, -0.1) is 32.9 Å². The number of thiophene rings is 1. The molecule has 0 bridgehead atoms. The molecule has 0 unspecified atom stereocenters. The monoisotopic (exact) mass is 919 g/mol. The fourth-order valence-corrected chi connectivity index (χ4v) is 11.2. The number of likely N-dealkylation sites (tertiary alicyclic amines) is 1. The zero-order valence-corrected chi connectivity index (χ0v) is 39.7. The van der Waals surface area contributed by atoms with Crippen LogP contribution < -0.4 is 15.5 Å². The molecule has 4 N–H and O–H groups in total. The average Bonchev–Trinajstić information content (AvgIpc) is 4.04. The molecule has 0 radical (unpaired) electrons. The summed E-state index contributed by atoms with van der Waals surface area (Å²) in [5.41, 5.74) is 8.67. The number of piperidine rings is 1. The maximum atomic E-state index is 14.4. The van der Waals surface area contributed by atoms with E-state index in [-0.39, 0.29) is 49.1 Å². The summed E-state index contributed by atoms with van der Waals surface area (Å²) in [6.45, 7) is 16.8. The minimum atomic E-state index is -0.969. The first kappa shape index (κ1) is 45.8. The summed E-state index contributed by atoms with van der Waals surface area (Å²) in [5, 5.41) is 36.3. The molecule has 2 fully saturated rings. The number of carboxylic acid groups (broad SMARTS) is 1. The number of carbonyl (C=O) groups is 4. The summed E-state index contributed by atoms with van der Waals surface area (Å²) in [6.07, 6.45) is 0.171. The van der Waals surface area contributed by atoms with E-state index in [1.54, 1.807) is 22.7 Å². The van der Waals surface area contributed by atoms with Crippen LogP contribution in [-0.2, 0) is 19.2 Å². The smallest absolute Gasteiger partial charge is 0.306 e. The molecule has 5 aromatic rings. The molecule has 342 valence electrons. The van der Waals surface area contributed by atoms with Crippen molar-refractivity contribution in [2.24, 2.45) is 16.3 Å². The number of thiazole rings is 1. The summed E-state index contributed by atoms with van der Waals surface area (Å²) >= 11 is 3.20. The van der Waals surface area contributed by atoms with Gasteiger partial charge in [0.2, 0.25) is 17.7 Å². The summed E-state index contributed by atoms with van der Waals surface area (Å²) in [5.74, 6) is -1.05. The number of carbonyl (C=O) groups excluding carboxylic acids is 3. The number of aryl methyl sites for hydroxylation is 3. The number of β-amino-alcohol motifs (C(OH)–C–C–N with tert-alkyl or cyclic N) is 1. The number of amides is 3. The first-order valence-corrected chi connectivity index (χ1v) is 23.9. The molecule has 15 nitrogen and oxygen atoms in total. The molecule has 0 spiro atoms. The summed E-state index contributed by atoms with van der Waals surface area (Å²) in [4.78, 5) is 69.5. The number of aliphatic imine (C=N–C) groups is 1. The number of nitrogens with one attached hydrogen (secondary N) is 2. The van der Waals surface area contributed by atoms with Gasteiger partial charge >= 0.3 is 5.97 Å². The Morgan fingerprint density at radius 3 is 2.22 bits per heavy atom. The maximum Gasteiger partial charge on any atom is 0.306 e. The van der Waals surface area contributed by atoms with Crippen LogP contribution in [-0.4, -0.2) is 102 Å². The molecule has 0 aliphatic carbocycles. The SMILES string of the molecule is Cc1ncsc1-c1ccc([C@H](C)NC(=O)[C@@H]2C[C@@H](O)CN2C(=O)[C@@H](NC(=O)C2CCN(c3ccc(C4=N[C@@H](CC(=O)O)c5nnc(C)n5-c5sc(C)c(C)c54)cc3)CC2)C(C)(C)C)cc1. The van der Waals surface area contributed by atoms with Crippen molar-refractivity contribution in [3.8, 4) is 15.4 Å². The number of aromatic nitrogens is 4. The van der Waals surface area contributed by atoms with Crippen LogP contribution in [0.4, 0.5) is 5.69 Å². The number of benzene rings is 2. The van der Waals surface area contributed by atoms with Gasteiger partial charge in [-0.1, -0.05) is 57.2 Å². The van der Waals surface area contributed by atoms with E-state index in [9.17, 15) is 29.4 Å². The topological polar surface area (TPSA) is 195 Å². The lowest BCUT2D eigenvalue weighted by atomic mass is 9.84.